The third-order valence-electron chi connectivity index (χ3n) is 3.36. The lowest BCUT2D eigenvalue weighted by Gasteiger charge is -2.10. The highest BCUT2D eigenvalue weighted by molar-refractivity contribution is 8.00. The van der Waals surface area contributed by atoms with Gasteiger partial charge >= 0.3 is 5.97 Å². The van der Waals surface area contributed by atoms with E-state index in [1.807, 2.05) is 0 Å². The second kappa shape index (κ2) is 8.48. The molecule has 1 heterocycles. The van der Waals surface area contributed by atoms with Gasteiger partial charge in [0.25, 0.3) is 5.56 Å². The van der Waals surface area contributed by atoms with E-state index in [2.05, 4.69) is 14.7 Å². The molecular weight excluding hydrogens is 344 g/mol. The van der Waals surface area contributed by atoms with Crippen molar-refractivity contribution in [3.05, 3.63) is 51.9 Å². The molecule has 132 valence electrons. The lowest BCUT2D eigenvalue weighted by molar-refractivity contribution is -0.139. The molecule has 1 atom stereocenters. The van der Waals surface area contributed by atoms with Crippen molar-refractivity contribution in [3.8, 4) is 5.75 Å². The molecule has 1 aromatic carbocycles. The van der Waals surface area contributed by atoms with Gasteiger partial charge in [-0.15, -0.1) is 0 Å². The van der Waals surface area contributed by atoms with Crippen LogP contribution in [0, 0.1) is 0 Å². The summed E-state index contributed by atoms with van der Waals surface area (Å²) in [5.74, 6) is 0.0726. The van der Waals surface area contributed by atoms with Crippen LogP contribution >= 0.6 is 11.8 Å². The first-order valence-corrected chi connectivity index (χ1v) is 8.33. The summed E-state index contributed by atoms with van der Waals surface area (Å²) in [4.78, 5) is 42.3. The van der Waals surface area contributed by atoms with Gasteiger partial charge in [-0.25, -0.2) is 4.98 Å². The number of ether oxygens (including phenoxy) is 2. The number of esters is 1. The van der Waals surface area contributed by atoms with E-state index in [1.165, 1.54) is 13.2 Å². The van der Waals surface area contributed by atoms with Crippen molar-refractivity contribution < 1.29 is 19.1 Å². The van der Waals surface area contributed by atoms with Gasteiger partial charge in [0.2, 0.25) is 0 Å². The molecule has 7 nitrogen and oxygen atoms in total. The molecule has 1 N–H and O–H groups in total. The molecule has 0 aliphatic heterocycles. The molecule has 0 unspecified atom stereocenters. The van der Waals surface area contributed by atoms with Gasteiger partial charge in [-0.05, 0) is 31.2 Å². The molecule has 0 fully saturated rings. The number of nitrogens with one attached hydrogen (secondary N) is 1. The van der Waals surface area contributed by atoms with E-state index in [-0.39, 0.29) is 22.9 Å². The fraction of sp³-hybridized carbons (Fsp3) is 0.294. The molecule has 25 heavy (non-hydrogen) atoms. The number of methoxy groups -OCH3 is 2. The minimum Gasteiger partial charge on any atom is -0.497 e. The normalized spacial score (nSPS) is 11.6. The van der Waals surface area contributed by atoms with Gasteiger partial charge < -0.3 is 14.5 Å². The molecule has 1 aromatic heterocycles. The Hall–Kier alpha value is -2.61. The van der Waals surface area contributed by atoms with E-state index in [0.29, 0.717) is 17.0 Å². The van der Waals surface area contributed by atoms with Gasteiger partial charge in [0.1, 0.15) is 5.75 Å². The molecular formula is C17H18N2O5S. The topological polar surface area (TPSA) is 98.4 Å². The Labute approximate surface area is 148 Å². The van der Waals surface area contributed by atoms with Gasteiger partial charge in [-0.3, -0.25) is 14.4 Å². The Morgan fingerprint density at radius 3 is 2.52 bits per heavy atom. The van der Waals surface area contributed by atoms with Gasteiger partial charge in [0.15, 0.2) is 10.9 Å². The Morgan fingerprint density at radius 2 is 1.92 bits per heavy atom. The molecule has 0 amide bonds. The van der Waals surface area contributed by atoms with Crippen LogP contribution in [0.25, 0.3) is 0 Å². The number of carbonyl (C=O) groups is 2. The SMILES string of the molecule is COC(=O)Cc1cc(=O)[nH]c(S[C@H](C)C(=O)c2ccc(OC)cc2)n1. The molecule has 2 aromatic rings. The van der Waals surface area contributed by atoms with Gasteiger partial charge in [0.05, 0.1) is 31.6 Å². The molecule has 2 rings (SSSR count). The van der Waals surface area contributed by atoms with Crippen LogP contribution in [0.1, 0.15) is 23.0 Å². The van der Waals surface area contributed by atoms with E-state index < -0.39 is 11.2 Å². The highest BCUT2D eigenvalue weighted by atomic mass is 32.2. The summed E-state index contributed by atoms with van der Waals surface area (Å²) in [6.45, 7) is 1.73. The molecule has 0 saturated heterocycles. The van der Waals surface area contributed by atoms with Crippen LogP contribution in [0.2, 0.25) is 0 Å². The van der Waals surface area contributed by atoms with Crippen LogP contribution in [-0.2, 0) is 16.0 Å². The van der Waals surface area contributed by atoms with Crippen molar-refractivity contribution in [2.24, 2.45) is 0 Å². The van der Waals surface area contributed by atoms with Crippen LogP contribution in [0.4, 0.5) is 0 Å². The number of rotatable bonds is 7. The van der Waals surface area contributed by atoms with Gasteiger partial charge in [0, 0.05) is 11.6 Å². The number of aromatic amines is 1. The summed E-state index contributed by atoms with van der Waals surface area (Å²) >= 11 is 1.12. The number of thioether (sulfide) groups is 1. The van der Waals surface area contributed by atoms with Crippen molar-refractivity contribution in [2.75, 3.05) is 14.2 Å². The Bertz CT molecular complexity index is 817. The number of benzene rings is 1. The third kappa shape index (κ3) is 5.18. The molecule has 0 spiro atoms. The predicted octanol–water partition coefficient (Wildman–Crippen LogP) is 1.86. The fourth-order valence-electron chi connectivity index (χ4n) is 2.06. The van der Waals surface area contributed by atoms with Crippen molar-refractivity contribution in [2.45, 2.75) is 23.8 Å². The molecule has 0 aliphatic rings. The molecule has 0 radical (unpaired) electrons. The van der Waals surface area contributed by atoms with Crippen molar-refractivity contribution in [1.82, 2.24) is 9.97 Å². The summed E-state index contributed by atoms with van der Waals surface area (Å²) in [5, 5.41) is -0.189. The number of carbonyl (C=O) groups excluding carboxylic acids is 2. The van der Waals surface area contributed by atoms with E-state index in [1.54, 1.807) is 38.3 Å². The Balaban J connectivity index is 2.13. The van der Waals surface area contributed by atoms with Crippen LogP contribution in [0.15, 0.2) is 40.3 Å². The maximum atomic E-state index is 12.5. The number of Topliss-reactive ketones (excluding diaryl/α,β-unsaturated/α-hetero) is 1. The zero-order valence-electron chi connectivity index (χ0n) is 14.1. The van der Waals surface area contributed by atoms with Crippen molar-refractivity contribution in [3.63, 3.8) is 0 Å². The number of H-pyrrole nitrogens is 1. The van der Waals surface area contributed by atoms with Gasteiger partial charge in [-0.1, -0.05) is 11.8 Å². The number of aromatic nitrogens is 2. The van der Waals surface area contributed by atoms with Gasteiger partial charge in [-0.2, -0.15) is 0 Å². The lowest BCUT2D eigenvalue weighted by Crippen LogP contribution is -2.17. The van der Waals surface area contributed by atoms with Crippen LogP contribution in [0.3, 0.4) is 0 Å². The number of hydrogen-bond donors (Lipinski definition) is 1. The minimum absolute atomic E-state index is 0.102. The number of ketones is 1. The van der Waals surface area contributed by atoms with Crippen molar-refractivity contribution >= 4 is 23.5 Å². The van der Waals surface area contributed by atoms with E-state index in [0.717, 1.165) is 11.8 Å². The quantitative estimate of drug-likeness (QED) is 0.347. The predicted molar refractivity (Wildman–Crippen MR) is 93.2 cm³/mol. The van der Waals surface area contributed by atoms with Crippen LogP contribution in [0.5, 0.6) is 5.75 Å². The summed E-state index contributed by atoms with van der Waals surface area (Å²) in [6, 6.07) is 8.02. The zero-order valence-corrected chi connectivity index (χ0v) is 14.9. The Kier molecular flexibility index (Phi) is 6.35. The van der Waals surface area contributed by atoms with Crippen molar-refractivity contribution in [1.29, 1.82) is 0 Å². The van der Waals surface area contributed by atoms with E-state index in [9.17, 15) is 14.4 Å². The first-order chi connectivity index (χ1) is 11.9. The summed E-state index contributed by atoms with van der Waals surface area (Å²) < 4.78 is 9.64. The molecule has 8 heteroatoms. The summed E-state index contributed by atoms with van der Waals surface area (Å²) in [7, 11) is 2.82. The first-order valence-electron chi connectivity index (χ1n) is 7.45. The van der Waals surface area contributed by atoms with E-state index >= 15 is 0 Å². The number of nitrogens with zero attached hydrogens (tertiary/aromatic N) is 1. The van der Waals surface area contributed by atoms with Crippen LogP contribution < -0.4 is 10.3 Å². The lowest BCUT2D eigenvalue weighted by atomic mass is 10.1. The molecule has 0 bridgehead atoms. The maximum absolute atomic E-state index is 12.5. The highest BCUT2D eigenvalue weighted by Crippen LogP contribution is 2.23. The fourth-order valence-corrected chi connectivity index (χ4v) is 2.97. The standard InChI is InChI=1S/C17H18N2O5S/c1-10(16(22)11-4-6-13(23-2)7-5-11)25-17-18-12(8-14(20)19-17)9-15(21)24-3/h4-8,10H,9H2,1-3H3,(H,18,19,20)/t10-/m1/s1. The number of hydrogen-bond acceptors (Lipinski definition) is 7. The summed E-state index contributed by atoms with van der Waals surface area (Å²) in [6.07, 6.45) is -0.102. The molecule has 0 saturated carbocycles. The summed E-state index contributed by atoms with van der Waals surface area (Å²) in [5.41, 5.74) is 0.441. The largest absolute Gasteiger partial charge is 0.497 e. The average molecular weight is 362 g/mol. The minimum atomic E-state index is -0.489. The maximum Gasteiger partial charge on any atom is 0.311 e. The third-order valence-corrected chi connectivity index (χ3v) is 4.34. The highest BCUT2D eigenvalue weighted by Gasteiger charge is 2.18. The second-order valence-corrected chi connectivity index (χ2v) is 6.48. The molecule has 0 aliphatic carbocycles. The monoisotopic (exact) mass is 362 g/mol. The van der Waals surface area contributed by atoms with Crippen LogP contribution in [-0.4, -0.2) is 41.2 Å². The average Bonchev–Trinajstić information content (AvgIpc) is 2.60. The van der Waals surface area contributed by atoms with E-state index in [4.69, 9.17) is 4.74 Å². The first kappa shape index (κ1) is 18.7. The smallest absolute Gasteiger partial charge is 0.311 e. The zero-order chi connectivity index (χ0) is 18.4. The second-order valence-electron chi connectivity index (χ2n) is 5.15. The Morgan fingerprint density at radius 1 is 1.24 bits per heavy atom.